The van der Waals surface area contributed by atoms with Crippen LogP contribution in [0.5, 0.6) is 17.2 Å². The van der Waals surface area contributed by atoms with E-state index in [2.05, 4.69) is 20.1 Å². The average Bonchev–Trinajstić information content (AvgIpc) is 3.45. The summed E-state index contributed by atoms with van der Waals surface area (Å²) in [5.74, 6) is -0.276. The van der Waals surface area contributed by atoms with Gasteiger partial charge in [-0.25, -0.2) is 0 Å². The molecule has 3 saturated heterocycles. The highest BCUT2D eigenvalue weighted by molar-refractivity contribution is 6.23. The van der Waals surface area contributed by atoms with Gasteiger partial charge >= 0.3 is 0 Å². The summed E-state index contributed by atoms with van der Waals surface area (Å²) in [4.78, 5) is 72.9. The molecule has 4 aromatic rings. The summed E-state index contributed by atoms with van der Waals surface area (Å²) >= 11 is 0. The number of carbonyl (C=O) groups excluding carboxylic acids is 4. The molecule has 1 spiro atoms. The number of aryl methyl sites for hydroxylation is 1. The molecule has 4 aliphatic heterocycles. The average molecular weight is 765 g/mol. The fourth-order valence-electron chi connectivity index (χ4n) is 8.43. The Morgan fingerprint density at radius 1 is 0.893 bits per heavy atom. The molecule has 3 fully saturated rings. The third-order valence-electron chi connectivity index (χ3n) is 11.5. The fraction of sp³-hybridized carbons (Fsp3) is 0.415. The van der Waals surface area contributed by atoms with Crippen molar-refractivity contribution < 1.29 is 38.1 Å². The number of ether oxygens (including phenoxy) is 4. The molecule has 56 heavy (non-hydrogen) atoms. The first-order chi connectivity index (χ1) is 27.1. The Morgan fingerprint density at radius 2 is 1.64 bits per heavy atom. The number of imide groups is 2. The normalized spacial score (nSPS) is 20.1. The number of piperidine rings is 2. The molecule has 0 radical (unpaired) electrons. The largest absolute Gasteiger partial charge is 0.496 e. The van der Waals surface area contributed by atoms with E-state index >= 15 is 0 Å². The van der Waals surface area contributed by atoms with Gasteiger partial charge in [-0.15, -0.1) is 0 Å². The molecule has 1 N–H and O–H groups in total. The van der Waals surface area contributed by atoms with Gasteiger partial charge in [0.25, 0.3) is 17.4 Å². The molecule has 0 bridgehead atoms. The summed E-state index contributed by atoms with van der Waals surface area (Å²) in [6, 6.07) is 9.62. The lowest BCUT2D eigenvalue weighted by atomic mass is 9.89. The number of amides is 4. The van der Waals surface area contributed by atoms with Crippen LogP contribution >= 0.6 is 0 Å². The number of likely N-dealkylation sites (tertiary alicyclic amines) is 1. The number of hydrogen-bond acceptors (Lipinski definition) is 12. The third-order valence-corrected chi connectivity index (χ3v) is 11.5. The van der Waals surface area contributed by atoms with Crippen LogP contribution in [-0.4, -0.2) is 120 Å². The fourth-order valence-corrected chi connectivity index (χ4v) is 8.43. The summed E-state index contributed by atoms with van der Waals surface area (Å²) in [6.07, 6.45) is 7.00. The molecule has 1 unspecified atom stereocenters. The van der Waals surface area contributed by atoms with Gasteiger partial charge in [0.1, 0.15) is 29.9 Å². The quantitative estimate of drug-likeness (QED) is 0.236. The van der Waals surface area contributed by atoms with Crippen LogP contribution in [0.1, 0.15) is 52.0 Å². The molecule has 292 valence electrons. The van der Waals surface area contributed by atoms with Gasteiger partial charge in [-0.1, -0.05) is 0 Å². The SMILES string of the molecule is COc1cc(-c2cn(C)c(=O)c3cnccc23)cc(OC)c1CN1CCC2(CC1)CN(CCOc1ccc3c(c1)C(=O)N(C1CCC(=O)NC1=O)C3=O)CCO2. The molecule has 4 aliphatic rings. The van der Waals surface area contributed by atoms with Gasteiger partial charge in [-0.05, 0) is 66.6 Å². The standard InChI is InChI=1S/C41H44N6O9/c1-44-22-31(27-8-11-42-21-30(27)38(44)50)25-18-34(53-2)32(35(19-25)54-3)23-45-12-9-41(10-13-45)24-46(15-17-56-41)14-16-55-26-4-5-28-29(20-26)40(52)47(39(28)51)33-6-7-36(48)43-37(33)49/h4-5,8,11,18-22,33H,6-7,9-10,12-17,23-24H2,1-3H3,(H,43,48,49). The van der Waals surface area contributed by atoms with Crippen molar-refractivity contribution in [3.63, 3.8) is 0 Å². The Hall–Kier alpha value is -5.64. The molecule has 2 aromatic heterocycles. The van der Waals surface area contributed by atoms with Crippen LogP contribution in [0.3, 0.4) is 0 Å². The van der Waals surface area contributed by atoms with E-state index < -0.39 is 29.7 Å². The lowest BCUT2D eigenvalue weighted by Gasteiger charge is -2.47. The summed E-state index contributed by atoms with van der Waals surface area (Å²) in [7, 11) is 5.05. The molecule has 4 amide bonds. The Morgan fingerprint density at radius 3 is 2.38 bits per heavy atom. The van der Waals surface area contributed by atoms with E-state index in [4.69, 9.17) is 18.9 Å². The first-order valence-corrected chi connectivity index (χ1v) is 18.8. The number of aromatic nitrogens is 2. The lowest BCUT2D eigenvalue weighted by molar-refractivity contribution is -0.137. The van der Waals surface area contributed by atoms with Crippen LogP contribution < -0.4 is 25.1 Å². The summed E-state index contributed by atoms with van der Waals surface area (Å²) in [5.41, 5.74) is 2.75. The van der Waals surface area contributed by atoms with Gasteiger partial charge in [0.15, 0.2) is 0 Å². The zero-order valence-electron chi connectivity index (χ0n) is 31.7. The van der Waals surface area contributed by atoms with Crippen molar-refractivity contribution in [2.75, 3.05) is 60.2 Å². The topological polar surface area (TPSA) is 162 Å². The Labute approximate surface area is 323 Å². The number of morpholine rings is 1. The maximum absolute atomic E-state index is 13.2. The first-order valence-electron chi connectivity index (χ1n) is 18.8. The van der Waals surface area contributed by atoms with Crippen molar-refractivity contribution >= 4 is 34.4 Å². The van der Waals surface area contributed by atoms with Crippen LogP contribution in [0, 0.1) is 0 Å². The van der Waals surface area contributed by atoms with E-state index in [1.165, 1.54) is 0 Å². The van der Waals surface area contributed by atoms with E-state index in [0.717, 1.165) is 66.0 Å². The Balaban J connectivity index is 0.877. The Bertz CT molecular complexity index is 2270. The van der Waals surface area contributed by atoms with E-state index in [9.17, 15) is 24.0 Å². The zero-order valence-corrected chi connectivity index (χ0v) is 31.7. The van der Waals surface area contributed by atoms with Gasteiger partial charge < -0.3 is 23.5 Å². The third kappa shape index (κ3) is 6.90. The van der Waals surface area contributed by atoms with Crippen molar-refractivity contribution in [2.24, 2.45) is 7.05 Å². The van der Waals surface area contributed by atoms with Gasteiger partial charge in [0.2, 0.25) is 11.8 Å². The van der Waals surface area contributed by atoms with E-state index in [-0.39, 0.29) is 35.1 Å². The van der Waals surface area contributed by atoms with Crippen molar-refractivity contribution in [3.8, 4) is 28.4 Å². The first kappa shape index (κ1) is 37.3. The summed E-state index contributed by atoms with van der Waals surface area (Å²) < 4.78 is 25.9. The number of methoxy groups -OCH3 is 2. The number of rotatable bonds is 10. The van der Waals surface area contributed by atoms with Crippen molar-refractivity contribution in [1.82, 2.24) is 29.6 Å². The van der Waals surface area contributed by atoms with Gasteiger partial charge in [0.05, 0.1) is 48.5 Å². The minimum Gasteiger partial charge on any atom is -0.496 e. The highest BCUT2D eigenvalue weighted by atomic mass is 16.5. The lowest BCUT2D eigenvalue weighted by Crippen LogP contribution is -2.57. The predicted octanol–water partition coefficient (Wildman–Crippen LogP) is 2.76. The van der Waals surface area contributed by atoms with Gasteiger partial charge in [-0.3, -0.25) is 49.0 Å². The maximum Gasteiger partial charge on any atom is 0.262 e. The van der Waals surface area contributed by atoms with Crippen molar-refractivity contribution in [1.29, 1.82) is 0 Å². The predicted molar refractivity (Wildman–Crippen MR) is 204 cm³/mol. The number of hydrogen-bond donors (Lipinski definition) is 1. The molecule has 6 heterocycles. The summed E-state index contributed by atoms with van der Waals surface area (Å²) in [6.45, 7) is 5.48. The number of pyridine rings is 2. The van der Waals surface area contributed by atoms with Crippen molar-refractivity contribution in [2.45, 2.75) is 43.9 Å². The molecule has 0 aliphatic carbocycles. The van der Waals surface area contributed by atoms with Crippen LogP contribution in [0.15, 0.2) is 59.8 Å². The number of fused-ring (bicyclic) bond motifs is 2. The molecule has 8 rings (SSSR count). The van der Waals surface area contributed by atoms with Crippen molar-refractivity contribution in [3.05, 3.63) is 82.0 Å². The molecule has 1 atom stereocenters. The van der Waals surface area contributed by atoms with Crippen LogP contribution in [0.4, 0.5) is 0 Å². The minimum absolute atomic E-state index is 0.0660. The molecular formula is C41H44N6O9. The monoisotopic (exact) mass is 764 g/mol. The smallest absolute Gasteiger partial charge is 0.262 e. The zero-order chi connectivity index (χ0) is 39.1. The number of nitrogens with zero attached hydrogens (tertiary/aromatic N) is 5. The highest BCUT2D eigenvalue weighted by Gasteiger charge is 2.45. The number of benzene rings is 2. The van der Waals surface area contributed by atoms with E-state index in [1.807, 2.05) is 24.4 Å². The molecule has 15 heteroatoms. The van der Waals surface area contributed by atoms with Gasteiger partial charge in [0, 0.05) is 76.9 Å². The van der Waals surface area contributed by atoms with Crippen LogP contribution in [0.25, 0.3) is 21.9 Å². The maximum atomic E-state index is 13.2. The second-order valence-electron chi connectivity index (χ2n) is 14.8. The second kappa shape index (κ2) is 15.1. The molecule has 0 saturated carbocycles. The summed E-state index contributed by atoms with van der Waals surface area (Å²) in [5, 5.41) is 3.57. The molecule has 2 aromatic carbocycles. The molecule has 15 nitrogen and oxygen atoms in total. The number of carbonyl (C=O) groups is 4. The van der Waals surface area contributed by atoms with Gasteiger partial charge in [-0.2, -0.15) is 0 Å². The van der Waals surface area contributed by atoms with E-state index in [1.54, 1.807) is 56.4 Å². The Kier molecular flexibility index (Phi) is 10.1. The minimum atomic E-state index is -1.01. The van der Waals surface area contributed by atoms with Crippen LogP contribution in [0.2, 0.25) is 0 Å². The number of nitrogens with one attached hydrogen (secondary N) is 1. The highest BCUT2D eigenvalue weighted by Crippen LogP contribution is 2.39. The second-order valence-corrected chi connectivity index (χ2v) is 14.8. The van der Waals surface area contributed by atoms with E-state index in [0.29, 0.717) is 48.9 Å². The molecular weight excluding hydrogens is 720 g/mol. The van der Waals surface area contributed by atoms with Crippen LogP contribution in [-0.2, 0) is 27.9 Å².